The minimum absolute atomic E-state index is 0.0768. The molecule has 0 fully saturated rings. The van der Waals surface area contributed by atoms with Crippen LogP contribution in [0.3, 0.4) is 0 Å². The molecule has 0 heterocycles. The number of fused-ring (bicyclic) bond motifs is 10. The Morgan fingerprint density at radius 3 is 1.22 bits per heavy atom. The molecule has 0 unspecified atom stereocenters. The minimum Gasteiger partial charge on any atom is -0.310 e. The van der Waals surface area contributed by atoms with Crippen molar-refractivity contribution in [3.05, 3.63) is 205 Å². The summed E-state index contributed by atoms with van der Waals surface area (Å²) in [6.45, 7) is 15.9. The second-order valence-corrected chi connectivity index (χ2v) is 29.2. The average molecular weight is 795 g/mol. The van der Waals surface area contributed by atoms with Crippen LogP contribution >= 0.6 is 0 Å². The van der Waals surface area contributed by atoms with Gasteiger partial charge in [0.05, 0.1) is 16.1 Å². The number of nitrogens with zero attached hydrogens (tertiary/aromatic N) is 2. The number of para-hydroxylation sites is 4. The van der Waals surface area contributed by atoms with Crippen molar-refractivity contribution >= 4 is 82.6 Å². The van der Waals surface area contributed by atoms with Crippen LogP contribution in [-0.4, -0.2) is 16.1 Å². The predicted molar refractivity (Wildman–Crippen MR) is 261 cm³/mol. The van der Waals surface area contributed by atoms with E-state index < -0.39 is 16.1 Å². The molecule has 59 heavy (non-hydrogen) atoms. The van der Waals surface area contributed by atoms with Crippen molar-refractivity contribution in [1.82, 2.24) is 0 Å². The van der Waals surface area contributed by atoms with Crippen LogP contribution in [0.2, 0.25) is 39.3 Å². The first-order valence-corrected chi connectivity index (χ1v) is 27.9. The normalized spacial score (nSPS) is 13.4. The molecule has 0 atom stereocenters. The SMILES string of the molecule is C[Si](C)(C)C1([Si](C)(C)C)c2c(ccc3cc(N(c4ccccc4)c4ccccc4)ccc23)-c2c1c1ccc(N(c3ccccc3)c3ccccc3)cc1c1ccccc21. The van der Waals surface area contributed by atoms with Gasteiger partial charge >= 0.3 is 0 Å². The van der Waals surface area contributed by atoms with E-state index >= 15 is 0 Å². The topological polar surface area (TPSA) is 6.48 Å². The molecule has 0 N–H and O–H groups in total. The van der Waals surface area contributed by atoms with E-state index in [0.29, 0.717) is 0 Å². The summed E-state index contributed by atoms with van der Waals surface area (Å²) >= 11 is 0. The molecule has 288 valence electrons. The fraction of sp³-hybridized carbons (Fsp3) is 0.127. The van der Waals surface area contributed by atoms with Crippen molar-refractivity contribution in [3.63, 3.8) is 0 Å². The lowest BCUT2D eigenvalue weighted by Crippen LogP contribution is -2.63. The first-order chi connectivity index (χ1) is 28.6. The standard InChI is InChI=1S/C55H50N2Si2/c1-58(2,3)55(59(4,5)6)53-46-35-32-44(56(40-21-11-7-12-22-40)41-23-13-8-14-24-41)37-39(46)31-34-50(53)52-48-30-20-19-29-47(48)51-38-45(33-36-49(51)54(52)55)57(42-25-15-9-16-26-42)43-27-17-10-18-28-43/h7-38H,1-6H3. The van der Waals surface area contributed by atoms with Crippen LogP contribution in [-0.2, 0) is 4.66 Å². The highest BCUT2D eigenvalue weighted by molar-refractivity contribution is 7.00. The maximum atomic E-state index is 2.64. The van der Waals surface area contributed by atoms with E-state index in [9.17, 15) is 0 Å². The molecule has 9 aromatic carbocycles. The first-order valence-electron chi connectivity index (χ1n) is 20.9. The lowest BCUT2D eigenvalue weighted by Gasteiger charge is -2.52. The molecule has 0 aliphatic heterocycles. The molecule has 0 saturated heterocycles. The lowest BCUT2D eigenvalue weighted by atomic mass is 9.91. The Bertz CT molecular complexity index is 2910. The summed E-state index contributed by atoms with van der Waals surface area (Å²) in [5, 5.41) is 8.08. The molecule has 0 spiro atoms. The average Bonchev–Trinajstić information content (AvgIpc) is 3.60. The van der Waals surface area contributed by atoms with E-state index in [1.165, 1.54) is 54.8 Å². The number of anilines is 6. The van der Waals surface area contributed by atoms with Crippen LogP contribution in [0.1, 0.15) is 11.1 Å². The zero-order valence-corrected chi connectivity index (χ0v) is 36.9. The third kappa shape index (κ3) is 5.72. The van der Waals surface area contributed by atoms with E-state index in [-0.39, 0.29) is 4.66 Å². The van der Waals surface area contributed by atoms with Crippen molar-refractivity contribution in [2.75, 3.05) is 9.80 Å². The predicted octanol–water partition coefficient (Wildman–Crippen LogP) is 16.1. The summed E-state index contributed by atoms with van der Waals surface area (Å²) in [5.74, 6) is 0. The van der Waals surface area contributed by atoms with Crippen LogP contribution in [0.15, 0.2) is 194 Å². The minimum atomic E-state index is -2.07. The molecule has 1 aliphatic rings. The van der Waals surface area contributed by atoms with Gasteiger partial charge in [0, 0.05) is 38.8 Å². The number of benzene rings is 9. The molecule has 1 aliphatic carbocycles. The first kappa shape index (κ1) is 37.1. The van der Waals surface area contributed by atoms with Crippen molar-refractivity contribution in [3.8, 4) is 11.1 Å². The van der Waals surface area contributed by atoms with Gasteiger partial charge in [-0.05, 0) is 127 Å². The highest BCUT2D eigenvalue weighted by Gasteiger charge is 2.60. The highest BCUT2D eigenvalue weighted by Crippen LogP contribution is 2.63. The van der Waals surface area contributed by atoms with Gasteiger partial charge in [0.2, 0.25) is 0 Å². The summed E-state index contributed by atoms with van der Waals surface area (Å²) in [5.41, 5.74) is 13.0. The molecule has 9 aromatic rings. The van der Waals surface area contributed by atoms with Gasteiger partial charge in [0.15, 0.2) is 0 Å². The molecule has 0 aromatic heterocycles. The van der Waals surface area contributed by atoms with E-state index in [0.717, 1.165) is 22.7 Å². The summed E-state index contributed by atoms with van der Waals surface area (Å²) in [7, 11) is -4.15. The second kappa shape index (κ2) is 14.0. The zero-order chi connectivity index (χ0) is 40.5. The van der Waals surface area contributed by atoms with E-state index in [1.807, 2.05) is 0 Å². The number of rotatable bonds is 8. The van der Waals surface area contributed by atoms with Crippen molar-refractivity contribution in [2.24, 2.45) is 0 Å². The van der Waals surface area contributed by atoms with Gasteiger partial charge < -0.3 is 9.80 Å². The Hall–Kier alpha value is -6.21. The van der Waals surface area contributed by atoms with Gasteiger partial charge in [-0.15, -0.1) is 0 Å². The van der Waals surface area contributed by atoms with Crippen LogP contribution in [0.5, 0.6) is 0 Å². The van der Waals surface area contributed by atoms with Crippen molar-refractivity contribution in [2.45, 2.75) is 43.9 Å². The maximum absolute atomic E-state index is 2.64. The van der Waals surface area contributed by atoms with Crippen molar-refractivity contribution < 1.29 is 0 Å². The van der Waals surface area contributed by atoms with Crippen LogP contribution in [0, 0.1) is 0 Å². The molecule has 10 rings (SSSR count). The Morgan fingerprint density at radius 2 is 0.746 bits per heavy atom. The van der Waals surface area contributed by atoms with Gasteiger partial charge in [-0.1, -0.05) is 161 Å². The molecule has 0 bridgehead atoms. The number of hydrogen-bond acceptors (Lipinski definition) is 2. The van der Waals surface area contributed by atoms with Gasteiger partial charge in [-0.25, -0.2) is 0 Å². The van der Waals surface area contributed by atoms with Gasteiger partial charge in [-0.3, -0.25) is 0 Å². The molecular weight excluding hydrogens is 745 g/mol. The van der Waals surface area contributed by atoms with E-state index in [4.69, 9.17) is 0 Å². The van der Waals surface area contributed by atoms with Gasteiger partial charge in [0.25, 0.3) is 0 Å². The molecule has 4 heteroatoms. The molecular formula is C55H50N2Si2. The van der Waals surface area contributed by atoms with Crippen LogP contribution < -0.4 is 9.80 Å². The maximum Gasteiger partial charge on any atom is 0.0579 e. The van der Waals surface area contributed by atoms with Crippen LogP contribution in [0.25, 0.3) is 43.4 Å². The number of hydrogen-bond donors (Lipinski definition) is 0. The molecule has 0 amide bonds. The zero-order valence-electron chi connectivity index (χ0n) is 34.9. The Morgan fingerprint density at radius 1 is 0.322 bits per heavy atom. The fourth-order valence-electron chi connectivity index (χ4n) is 11.0. The Labute approximate surface area is 351 Å². The summed E-state index contributed by atoms with van der Waals surface area (Å²) in [6, 6.07) is 71.8. The van der Waals surface area contributed by atoms with Gasteiger partial charge in [-0.2, -0.15) is 0 Å². The Balaban J connectivity index is 1.27. The largest absolute Gasteiger partial charge is 0.310 e. The van der Waals surface area contributed by atoms with E-state index in [2.05, 4.69) is 243 Å². The van der Waals surface area contributed by atoms with Crippen molar-refractivity contribution in [1.29, 1.82) is 0 Å². The van der Waals surface area contributed by atoms with E-state index in [1.54, 1.807) is 11.1 Å². The quantitative estimate of drug-likeness (QED) is 0.112. The Kier molecular flexibility index (Phi) is 8.78. The smallest absolute Gasteiger partial charge is 0.0579 e. The van der Waals surface area contributed by atoms with Crippen LogP contribution in [0.4, 0.5) is 34.1 Å². The fourth-order valence-corrected chi connectivity index (χ4v) is 24.1. The lowest BCUT2D eigenvalue weighted by molar-refractivity contribution is 0.973. The second-order valence-electron chi connectivity index (χ2n) is 18.2. The monoisotopic (exact) mass is 794 g/mol. The summed E-state index contributed by atoms with van der Waals surface area (Å²) in [4.78, 5) is 4.79. The summed E-state index contributed by atoms with van der Waals surface area (Å²) in [6.07, 6.45) is 0. The molecule has 0 radical (unpaired) electrons. The summed E-state index contributed by atoms with van der Waals surface area (Å²) < 4.78 is -0.0768. The third-order valence-electron chi connectivity index (χ3n) is 12.9. The van der Waals surface area contributed by atoms with Gasteiger partial charge in [0.1, 0.15) is 0 Å². The third-order valence-corrected chi connectivity index (χ3v) is 22.9. The highest BCUT2D eigenvalue weighted by atomic mass is 28.4. The molecule has 0 saturated carbocycles. The molecule has 2 nitrogen and oxygen atoms in total.